The van der Waals surface area contributed by atoms with Crippen LogP contribution in [0.1, 0.15) is 5.56 Å². The second-order valence-electron chi connectivity index (χ2n) is 5.06. The third kappa shape index (κ3) is 4.26. The Kier molecular flexibility index (Phi) is 5.35. The number of aromatic nitrogens is 2. The van der Waals surface area contributed by atoms with Crippen LogP contribution in [-0.2, 0) is 6.54 Å². The van der Waals surface area contributed by atoms with Crippen LogP contribution >= 0.6 is 35.4 Å². The van der Waals surface area contributed by atoms with Gasteiger partial charge in [0.15, 0.2) is 10.9 Å². The average molecular weight is 377 g/mol. The van der Waals surface area contributed by atoms with Gasteiger partial charge >= 0.3 is 0 Å². The number of rotatable bonds is 4. The molecule has 0 aliphatic heterocycles. The molecule has 3 aromatic rings. The van der Waals surface area contributed by atoms with Crippen molar-refractivity contribution in [3.8, 4) is 0 Å². The van der Waals surface area contributed by atoms with Crippen LogP contribution in [0.3, 0.4) is 0 Å². The summed E-state index contributed by atoms with van der Waals surface area (Å²) in [6, 6.07) is 17.3. The summed E-state index contributed by atoms with van der Waals surface area (Å²) in [6.07, 6.45) is 1.73. The summed E-state index contributed by atoms with van der Waals surface area (Å²) < 4.78 is 1.72. The summed E-state index contributed by atoms with van der Waals surface area (Å²) in [5.74, 6) is 0.497. The number of thiocarbonyl (C=S) groups is 1. The van der Waals surface area contributed by atoms with Gasteiger partial charge in [-0.2, -0.15) is 5.10 Å². The van der Waals surface area contributed by atoms with E-state index in [-0.39, 0.29) is 0 Å². The van der Waals surface area contributed by atoms with Crippen molar-refractivity contribution in [1.82, 2.24) is 9.78 Å². The zero-order valence-electron chi connectivity index (χ0n) is 12.5. The molecular weight excluding hydrogens is 363 g/mol. The van der Waals surface area contributed by atoms with Crippen molar-refractivity contribution in [2.24, 2.45) is 0 Å². The first-order valence-electron chi connectivity index (χ1n) is 7.21. The minimum Gasteiger partial charge on any atom is -0.332 e. The maximum Gasteiger partial charge on any atom is 0.176 e. The van der Waals surface area contributed by atoms with Crippen LogP contribution in [-0.4, -0.2) is 14.9 Å². The quantitative estimate of drug-likeness (QED) is 0.625. The molecular formula is C17H14Cl2N4S. The van der Waals surface area contributed by atoms with Gasteiger partial charge < -0.3 is 10.6 Å². The lowest BCUT2D eigenvalue weighted by atomic mass is 10.2. The zero-order valence-corrected chi connectivity index (χ0v) is 14.9. The number of halogens is 2. The number of anilines is 2. The average Bonchev–Trinajstić information content (AvgIpc) is 2.90. The maximum atomic E-state index is 6.23. The molecule has 1 heterocycles. The largest absolute Gasteiger partial charge is 0.332 e. The lowest BCUT2D eigenvalue weighted by molar-refractivity contribution is 0.690. The van der Waals surface area contributed by atoms with Crippen molar-refractivity contribution in [3.05, 3.63) is 76.4 Å². The monoisotopic (exact) mass is 376 g/mol. The zero-order chi connectivity index (χ0) is 16.9. The molecule has 0 aliphatic rings. The number of hydrogen-bond acceptors (Lipinski definition) is 2. The Labute approximate surface area is 155 Å². The Morgan fingerprint density at radius 1 is 0.958 bits per heavy atom. The van der Waals surface area contributed by atoms with Crippen molar-refractivity contribution in [2.45, 2.75) is 6.54 Å². The van der Waals surface area contributed by atoms with Gasteiger partial charge in [0.05, 0.1) is 6.54 Å². The summed E-state index contributed by atoms with van der Waals surface area (Å²) >= 11 is 17.7. The molecule has 0 saturated heterocycles. The molecule has 2 aromatic carbocycles. The summed E-state index contributed by atoms with van der Waals surface area (Å²) in [7, 11) is 0. The van der Waals surface area contributed by atoms with E-state index in [0.29, 0.717) is 27.5 Å². The standard InChI is InChI=1S/C17H14Cl2N4S/c18-14-9-5-4-6-12(14)10-23-11-15(19)16(22-23)21-17(24)20-13-7-2-1-3-8-13/h1-9,11H,10H2,(H2,20,21,22,24). The highest BCUT2D eigenvalue weighted by atomic mass is 35.5. The Bertz CT molecular complexity index is 849. The van der Waals surface area contributed by atoms with E-state index >= 15 is 0 Å². The minimum atomic E-state index is 0.422. The molecule has 0 bridgehead atoms. The third-order valence-electron chi connectivity index (χ3n) is 3.27. The Morgan fingerprint density at radius 2 is 1.67 bits per heavy atom. The van der Waals surface area contributed by atoms with Gasteiger partial charge in [0, 0.05) is 16.9 Å². The highest BCUT2D eigenvalue weighted by Crippen LogP contribution is 2.22. The van der Waals surface area contributed by atoms with E-state index in [0.717, 1.165) is 11.3 Å². The normalized spacial score (nSPS) is 10.4. The highest BCUT2D eigenvalue weighted by molar-refractivity contribution is 7.80. The minimum absolute atomic E-state index is 0.422. The highest BCUT2D eigenvalue weighted by Gasteiger charge is 2.10. The van der Waals surface area contributed by atoms with Gasteiger partial charge in [-0.15, -0.1) is 0 Å². The molecule has 0 aliphatic carbocycles. The molecule has 3 rings (SSSR count). The molecule has 0 spiro atoms. The van der Waals surface area contributed by atoms with Gasteiger partial charge in [0.25, 0.3) is 0 Å². The molecule has 2 N–H and O–H groups in total. The number of benzene rings is 2. The van der Waals surface area contributed by atoms with Crippen LogP contribution in [0, 0.1) is 0 Å². The fraction of sp³-hybridized carbons (Fsp3) is 0.0588. The molecule has 0 radical (unpaired) electrons. The molecule has 0 unspecified atom stereocenters. The molecule has 24 heavy (non-hydrogen) atoms. The van der Waals surface area contributed by atoms with E-state index in [1.165, 1.54) is 0 Å². The Balaban J connectivity index is 1.68. The summed E-state index contributed by atoms with van der Waals surface area (Å²) in [4.78, 5) is 0. The summed E-state index contributed by atoms with van der Waals surface area (Å²) in [5.41, 5.74) is 1.86. The smallest absolute Gasteiger partial charge is 0.176 e. The first-order valence-corrected chi connectivity index (χ1v) is 8.37. The van der Waals surface area contributed by atoms with Gasteiger partial charge in [-0.3, -0.25) is 4.68 Å². The maximum absolute atomic E-state index is 6.23. The lowest BCUT2D eigenvalue weighted by Crippen LogP contribution is -2.19. The van der Waals surface area contributed by atoms with Crippen LogP contribution in [0.25, 0.3) is 0 Å². The number of hydrogen-bond donors (Lipinski definition) is 2. The fourth-order valence-electron chi connectivity index (χ4n) is 2.16. The molecule has 0 saturated carbocycles. The first kappa shape index (κ1) is 16.8. The SMILES string of the molecule is S=C(Nc1ccccc1)Nc1nn(Cc2ccccc2Cl)cc1Cl. The van der Waals surface area contributed by atoms with Crippen LogP contribution in [0.15, 0.2) is 60.8 Å². The van der Waals surface area contributed by atoms with Gasteiger partial charge in [0.2, 0.25) is 0 Å². The predicted octanol–water partition coefficient (Wildman–Crippen LogP) is 5.05. The topological polar surface area (TPSA) is 41.9 Å². The van der Waals surface area contributed by atoms with Gasteiger partial charge in [-0.05, 0) is 36.0 Å². The van der Waals surface area contributed by atoms with E-state index in [4.69, 9.17) is 35.4 Å². The van der Waals surface area contributed by atoms with E-state index in [9.17, 15) is 0 Å². The molecule has 4 nitrogen and oxygen atoms in total. The van der Waals surface area contributed by atoms with Gasteiger partial charge in [-0.1, -0.05) is 59.6 Å². The van der Waals surface area contributed by atoms with Gasteiger partial charge in [-0.25, -0.2) is 0 Å². The molecule has 122 valence electrons. The Hall–Kier alpha value is -2.08. The second kappa shape index (κ2) is 7.66. The van der Waals surface area contributed by atoms with E-state index in [1.807, 2.05) is 54.6 Å². The molecule has 1 aromatic heterocycles. The number of para-hydroxylation sites is 1. The second-order valence-corrected chi connectivity index (χ2v) is 6.28. The summed E-state index contributed by atoms with van der Waals surface area (Å²) in [5, 5.41) is 12.1. The summed E-state index contributed by atoms with van der Waals surface area (Å²) in [6.45, 7) is 0.528. The Morgan fingerprint density at radius 3 is 2.42 bits per heavy atom. The molecule has 0 atom stereocenters. The predicted molar refractivity (Wildman–Crippen MR) is 104 cm³/mol. The molecule has 0 fully saturated rings. The fourth-order valence-corrected chi connectivity index (χ4v) is 2.76. The van der Waals surface area contributed by atoms with Crippen molar-refractivity contribution in [1.29, 1.82) is 0 Å². The molecule has 7 heteroatoms. The van der Waals surface area contributed by atoms with Crippen LogP contribution in [0.4, 0.5) is 11.5 Å². The van der Waals surface area contributed by atoms with E-state index in [2.05, 4.69) is 15.7 Å². The van der Waals surface area contributed by atoms with Crippen LogP contribution < -0.4 is 10.6 Å². The van der Waals surface area contributed by atoms with Crippen molar-refractivity contribution < 1.29 is 0 Å². The lowest BCUT2D eigenvalue weighted by Gasteiger charge is -2.08. The first-order chi connectivity index (χ1) is 11.6. The van der Waals surface area contributed by atoms with Gasteiger partial charge in [0.1, 0.15) is 5.02 Å². The van der Waals surface area contributed by atoms with Crippen LogP contribution in [0.5, 0.6) is 0 Å². The number of nitrogens with zero attached hydrogens (tertiary/aromatic N) is 2. The van der Waals surface area contributed by atoms with Crippen LogP contribution in [0.2, 0.25) is 10.0 Å². The molecule has 0 amide bonds. The van der Waals surface area contributed by atoms with E-state index < -0.39 is 0 Å². The van der Waals surface area contributed by atoms with Crippen molar-refractivity contribution in [2.75, 3.05) is 10.6 Å². The third-order valence-corrected chi connectivity index (χ3v) is 4.12. The van der Waals surface area contributed by atoms with Crippen molar-refractivity contribution >= 4 is 52.0 Å². The number of nitrogens with one attached hydrogen (secondary N) is 2. The van der Waals surface area contributed by atoms with Crippen molar-refractivity contribution in [3.63, 3.8) is 0 Å². The van der Waals surface area contributed by atoms with E-state index in [1.54, 1.807) is 10.9 Å².